The first kappa shape index (κ1) is 14.4. The topological polar surface area (TPSA) is 41.5 Å². The van der Waals surface area contributed by atoms with E-state index in [4.69, 9.17) is 4.74 Å². The van der Waals surface area contributed by atoms with Crippen molar-refractivity contribution in [3.63, 3.8) is 0 Å². The van der Waals surface area contributed by atoms with Crippen LogP contribution in [0.25, 0.3) is 0 Å². The number of aliphatic hydroxyl groups is 1. The zero-order valence-corrected chi connectivity index (χ0v) is 12.2. The summed E-state index contributed by atoms with van der Waals surface area (Å²) in [4.78, 5) is 0. The average Bonchev–Trinajstić information content (AvgIpc) is 2.37. The molecule has 1 atom stereocenters. The van der Waals surface area contributed by atoms with Gasteiger partial charge in [0.05, 0.1) is 12.7 Å². The zero-order valence-electron chi connectivity index (χ0n) is 12.2. The summed E-state index contributed by atoms with van der Waals surface area (Å²) >= 11 is 0. The number of ether oxygens (including phenoxy) is 1. The Balaban J connectivity index is 2.02. The van der Waals surface area contributed by atoms with Crippen LogP contribution in [0, 0.1) is 5.92 Å². The number of fused-ring (bicyclic) bond motifs is 1. The molecule has 19 heavy (non-hydrogen) atoms. The van der Waals surface area contributed by atoms with Gasteiger partial charge in [0.1, 0.15) is 5.75 Å². The molecule has 0 radical (unpaired) electrons. The number of methoxy groups -OCH3 is 1. The quantitative estimate of drug-likeness (QED) is 0.855. The summed E-state index contributed by atoms with van der Waals surface area (Å²) in [5, 5.41) is 14.1. The number of benzene rings is 1. The fourth-order valence-corrected chi connectivity index (χ4v) is 2.69. The van der Waals surface area contributed by atoms with Crippen LogP contribution >= 0.6 is 0 Å². The second-order valence-corrected chi connectivity index (χ2v) is 6.06. The second kappa shape index (κ2) is 5.93. The number of aryl methyl sites for hydroxylation is 1. The minimum Gasteiger partial charge on any atom is -0.497 e. The van der Waals surface area contributed by atoms with Crippen molar-refractivity contribution in [2.75, 3.05) is 20.2 Å². The molecule has 3 heteroatoms. The largest absolute Gasteiger partial charge is 0.497 e. The van der Waals surface area contributed by atoms with Gasteiger partial charge < -0.3 is 15.2 Å². The van der Waals surface area contributed by atoms with Gasteiger partial charge in [-0.2, -0.15) is 0 Å². The predicted molar refractivity (Wildman–Crippen MR) is 77.7 cm³/mol. The molecule has 0 saturated heterocycles. The van der Waals surface area contributed by atoms with Gasteiger partial charge in [0.15, 0.2) is 0 Å². The lowest BCUT2D eigenvalue weighted by Gasteiger charge is -2.34. The molecule has 1 aromatic carbocycles. The van der Waals surface area contributed by atoms with Crippen molar-refractivity contribution in [1.82, 2.24) is 5.32 Å². The highest BCUT2D eigenvalue weighted by Gasteiger charge is 2.31. The Kier molecular flexibility index (Phi) is 4.48. The first-order valence-electron chi connectivity index (χ1n) is 7.11. The van der Waals surface area contributed by atoms with Crippen LogP contribution in [-0.4, -0.2) is 30.9 Å². The molecule has 2 rings (SSSR count). The van der Waals surface area contributed by atoms with Crippen LogP contribution in [0.1, 0.15) is 31.4 Å². The summed E-state index contributed by atoms with van der Waals surface area (Å²) in [6.45, 7) is 5.98. The fourth-order valence-electron chi connectivity index (χ4n) is 2.69. The van der Waals surface area contributed by atoms with Gasteiger partial charge >= 0.3 is 0 Å². The van der Waals surface area contributed by atoms with E-state index in [0.29, 0.717) is 18.9 Å². The minimum absolute atomic E-state index is 0.611. The maximum Gasteiger partial charge on any atom is 0.119 e. The Morgan fingerprint density at radius 1 is 1.37 bits per heavy atom. The Morgan fingerprint density at radius 2 is 2.16 bits per heavy atom. The predicted octanol–water partition coefficient (Wildman–Crippen LogP) is 2.16. The lowest BCUT2D eigenvalue weighted by Crippen LogP contribution is -2.45. The second-order valence-electron chi connectivity index (χ2n) is 6.06. The smallest absolute Gasteiger partial charge is 0.119 e. The molecule has 1 aliphatic carbocycles. The van der Waals surface area contributed by atoms with Gasteiger partial charge in [-0.15, -0.1) is 0 Å². The van der Waals surface area contributed by atoms with E-state index in [1.165, 1.54) is 11.1 Å². The molecule has 1 unspecified atom stereocenters. The first-order chi connectivity index (χ1) is 9.02. The van der Waals surface area contributed by atoms with Crippen molar-refractivity contribution in [2.45, 2.75) is 38.7 Å². The van der Waals surface area contributed by atoms with E-state index in [9.17, 15) is 5.11 Å². The Labute approximate surface area is 116 Å². The van der Waals surface area contributed by atoms with Crippen molar-refractivity contribution in [1.29, 1.82) is 0 Å². The zero-order chi connectivity index (χ0) is 13.9. The van der Waals surface area contributed by atoms with E-state index in [-0.39, 0.29) is 0 Å². The number of nitrogens with one attached hydrogen (secondary N) is 1. The van der Waals surface area contributed by atoms with Crippen molar-refractivity contribution in [3.8, 4) is 5.75 Å². The molecule has 0 heterocycles. The van der Waals surface area contributed by atoms with Gasteiger partial charge in [-0.05, 0) is 48.6 Å². The fraction of sp³-hybridized carbons (Fsp3) is 0.625. The van der Waals surface area contributed by atoms with Gasteiger partial charge in [0.2, 0.25) is 0 Å². The van der Waals surface area contributed by atoms with E-state index < -0.39 is 5.60 Å². The standard InChI is InChI=1S/C16H25NO2/c1-12(2)10-17-11-16(18)7-6-13-4-5-15(19-3)8-14(13)9-16/h4-5,8,12,17-18H,6-7,9-11H2,1-3H3. The summed E-state index contributed by atoms with van der Waals surface area (Å²) in [7, 11) is 1.68. The highest BCUT2D eigenvalue weighted by Crippen LogP contribution is 2.30. The number of hydrogen-bond donors (Lipinski definition) is 2. The molecule has 0 aliphatic heterocycles. The minimum atomic E-state index is -0.617. The third kappa shape index (κ3) is 3.71. The van der Waals surface area contributed by atoms with Crippen molar-refractivity contribution in [2.24, 2.45) is 5.92 Å². The van der Waals surface area contributed by atoms with Crippen LogP contribution < -0.4 is 10.1 Å². The van der Waals surface area contributed by atoms with Gasteiger partial charge in [0, 0.05) is 13.0 Å². The van der Waals surface area contributed by atoms with Gasteiger partial charge in [0.25, 0.3) is 0 Å². The van der Waals surface area contributed by atoms with Gasteiger partial charge in [-0.1, -0.05) is 19.9 Å². The van der Waals surface area contributed by atoms with E-state index in [2.05, 4.69) is 31.3 Å². The summed E-state index contributed by atoms with van der Waals surface area (Å²) < 4.78 is 5.26. The molecular weight excluding hydrogens is 238 g/mol. The van der Waals surface area contributed by atoms with Crippen LogP contribution in [0.3, 0.4) is 0 Å². The molecule has 0 spiro atoms. The molecule has 0 aromatic heterocycles. The van der Waals surface area contributed by atoms with E-state index in [1.54, 1.807) is 7.11 Å². The molecule has 1 aromatic rings. The highest BCUT2D eigenvalue weighted by molar-refractivity contribution is 5.38. The first-order valence-corrected chi connectivity index (χ1v) is 7.11. The lowest BCUT2D eigenvalue weighted by atomic mass is 9.80. The number of hydrogen-bond acceptors (Lipinski definition) is 3. The van der Waals surface area contributed by atoms with Gasteiger partial charge in [-0.3, -0.25) is 0 Å². The summed E-state index contributed by atoms with van der Waals surface area (Å²) in [6.07, 6.45) is 2.49. The average molecular weight is 263 g/mol. The van der Waals surface area contributed by atoms with E-state index in [1.807, 2.05) is 6.07 Å². The summed E-state index contributed by atoms with van der Waals surface area (Å²) in [5.74, 6) is 1.48. The Hall–Kier alpha value is -1.06. The molecular formula is C16H25NO2. The third-order valence-corrected chi connectivity index (χ3v) is 3.80. The monoisotopic (exact) mass is 263 g/mol. The SMILES string of the molecule is COc1ccc2c(c1)CC(O)(CNCC(C)C)CC2. The van der Waals surface area contributed by atoms with Crippen LogP contribution in [0.4, 0.5) is 0 Å². The van der Waals surface area contributed by atoms with Crippen molar-refractivity contribution in [3.05, 3.63) is 29.3 Å². The van der Waals surface area contributed by atoms with Crippen LogP contribution in [0.2, 0.25) is 0 Å². The van der Waals surface area contributed by atoms with E-state index >= 15 is 0 Å². The van der Waals surface area contributed by atoms with Crippen molar-refractivity contribution >= 4 is 0 Å². The molecule has 106 valence electrons. The summed E-state index contributed by atoms with van der Waals surface area (Å²) in [5.41, 5.74) is 1.95. The molecule has 3 nitrogen and oxygen atoms in total. The van der Waals surface area contributed by atoms with Gasteiger partial charge in [-0.25, -0.2) is 0 Å². The molecule has 0 amide bonds. The van der Waals surface area contributed by atoms with Crippen LogP contribution in [-0.2, 0) is 12.8 Å². The maximum atomic E-state index is 10.7. The highest BCUT2D eigenvalue weighted by atomic mass is 16.5. The maximum absolute atomic E-state index is 10.7. The van der Waals surface area contributed by atoms with E-state index in [0.717, 1.165) is 25.1 Å². The molecule has 2 N–H and O–H groups in total. The molecule has 1 aliphatic rings. The lowest BCUT2D eigenvalue weighted by molar-refractivity contribution is 0.0263. The Bertz CT molecular complexity index is 431. The summed E-state index contributed by atoms with van der Waals surface area (Å²) in [6, 6.07) is 6.18. The Morgan fingerprint density at radius 3 is 2.84 bits per heavy atom. The van der Waals surface area contributed by atoms with Crippen LogP contribution in [0.15, 0.2) is 18.2 Å². The van der Waals surface area contributed by atoms with Crippen molar-refractivity contribution < 1.29 is 9.84 Å². The normalized spacial score (nSPS) is 22.4. The van der Waals surface area contributed by atoms with Crippen LogP contribution in [0.5, 0.6) is 5.75 Å². The molecule has 0 saturated carbocycles. The third-order valence-electron chi connectivity index (χ3n) is 3.80. The molecule has 0 bridgehead atoms. The molecule has 0 fully saturated rings. The number of rotatable bonds is 5.